The van der Waals surface area contributed by atoms with Crippen LogP contribution in [-0.2, 0) is 17.6 Å². The van der Waals surface area contributed by atoms with E-state index in [-0.39, 0.29) is 18.4 Å². The Morgan fingerprint density at radius 3 is 2.52 bits per heavy atom. The maximum Gasteiger partial charge on any atom is 0.230 e. The SMILES string of the molecule is Cc1nc(NC(=O)Cc2ccc(O)c(F)c2)sc1Cc1c(F)cccc1F. The van der Waals surface area contributed by atoms with Crippen molar-refractivity contribution in [1.29, 1.82) is 0 Å². The number of carbonyl (C=O) groups excluding carboxylic acids is 1. The summed E-state index contributed by atoms with van der Waals surface area (Å²) in [5.41, 5.74) is 0.903. The highest BCUT2D eigenvalue weighted by molar-refractivity contribution is 7.15. The number of phenolic OH excluding ortho intramolecular Hbond substituents is 1. The Bertz CT molecular complexity index is 984. The molecule has 0 saturated heterocycles. The number of aromatic nitrogens is 1. The van der Waals surface area contributed by atoms with Crippen molar-refractivity contribution in [3.63, 3.8) is 0 Å². The van der Waals surface area contributed by atoms with Crippen molar-refractivity contribution in [2.75, 3.05) is 5.32 Å². The summed E-state index contributed by atoms with van der Waals surface area (Å²) in [4.78, 5) is 17.0. The lowest BCUT2D eigenvalue weighted by molar-refractivity contribution is -0.115. The summed E-state index contributed by atoms with van der Waals surface area (Å²) < 4.78 is 41.0. The van der Waals surface area contributed by atoms with Crippen molar-refractivity contribution in [1.82, 2.24) is 4.98 Å². The number of nitrogens with zero attached hydrogens (tertiary/aromatic N) is 1. The quantitative estimate of drug-likeness (QED) is 0.679. The lowest BCUT2D eigenvalue weighted by Gasteiger charge is -2.04. The van der Waals surface area contributed by atoms with E-state index in [2.05, 4.69) is 10.3 Å². The number of aryl methyl sites for hydroxylation is 1. The van der Waals surface area contributed by atoms with Crippen molar-refractivity contribution < 1.29 is 23.1 Å². The molecular formula is C19H15F3N2O2S. The minimum Gasteiger partial charge on any atom is -0.505 e. The summed E-state index contributed by atoms with van der Waals surface area (Å²) in [7, 11) is 0. The summed E-state index contributed by atoms with van der Waals surface area (Å²) in [5.74, 6) is -2.98. The molecule has 0 atom stereocenters. The number of phenols is 1. The van der Waals surface area contributed by atoms with Crippen LogP contribution in [0.1, 0.15) is 21.7 Å². The minimum atomic E-state index is -0.806. The molecule has 3 aromatic rings. The smallest absolute Gasteiger partial charge is 0.230 e. The fraction of sp³-hybridized carbons (Fsp3) is 0.158. The van der Waals surface area contributed by atoms with Crippen LogP contribution >= 0.6 is 11.3 Å². The molecular weight excluding hydrogens is 377 g/mol. The van der Waals surface area contributed by atoms with Crippen LogP contribution in [0, 0.1) is 24.4 Å². The number of hydrogen-bond acceptors (Lipinski definition) is 4. The van der Waals surface area contributed by atoms with Gasteiger partial charge in [0.1, 0.15) is 11.6 Å². The molecule has 2 aromatic carbocycles. The lowest BCUT2D eigenvalue weighted by atomic mass is 10.1. The first-order valence-corrected chi connectivity index (χ1v) is 8.81. The van der Waals surface area contributed by atoms with Gasteiger partial charge in [0.25, 0.3) is 0 Å². The molecule has 0 spiro atoms. The molecule has 0 unspecified atom stereocenters. The zero-order valence-electron chi connectivity index (χ0n) is 14.2. The maximum absolute atomic E-state index is 13.8. The fourth-order valence-electron chi connectivity index (χ4n) is 2.52. The van der Waals surface area contributed by atoms with Gasteiger partial charge < -0.3 is 10.4 Å². The van der Waals surface area contributed by atoms with Crippen molar-refractivity contribution >= 4 is 22.4 Å². The Hall–Kier alpha value is -2.87. The molecule has 1 aromatic heterocycles. The Kier molecular flexibility index (Phi) is 5.46. The zero-order chi connectivity index (χ0) is 19.6. The first-order chi connectivity index (χ1) is 12.8. The maximum atomic E-state index is 13.8. The number of thiazole rings is 1. The highest BCUT2D eigenvalue weighted by Gasteiger charge is 2.16. The molecule has 27 heavy (non-hydrogen) atoms. The number of anilines is 1. The Labute approximate surface area is 157 Å². The van der Waals surface area contributed by atoms with Crippen LogP contribution in [0.25, 0.3) is 0 Å². The van der Waals surface area contributed by atoms with Crippen molar-refractivity contribution in [3.8, 4) is 5.75 Å². The normalized spacial score (nSPS) is 10.8. The van der Waals surface area contributed by atoms with E-state index in [0.29, 0.717) is 21.3 Å². The largest absolute Gasteiger partial charge is 0.505 e. The van der Waals surface area contributed by atoms with Crippen molar-refractivity contribution in [2.24, 2.45) is 0 Å². The summed E-state index contributed by atoms with van der Waals surface area (Å²) in [5, 5.41) is 12.1. The summed E-state index contributed by atoms with van der Waals surface area (Å²) >= 11 is 1.13. The van der Waals surface area contributed by atoms with Gasteiger partial charge in [0.2, 0.25) is 5.91 Å². The van der Waals surface area contributed by atoms with Crippen LogP contribution in [0.5, 0.6) is 5.75 Å². The van der Waals surface area contributed by atoms with Crippen molar-refractivity contribution in [3.05, 3.63) is 75.5 Å². The Morgan fingerprint density at radius 2 is 1.85 bits per heavy atom. The molecule has 1 heterocycles. The predicted octanol–water partition coefficient (Wildman–Crippen LogP) is 4.35. The molecule has 2 N–H and O–H groups in total. The van der Waals surface area contributed by atoms with Gasteiger partial charge in [0.05, 0.1) is 12.1 Å². The molecule has 1 amide bonds. The standard InChI is InChI=1S/C19H15F3N2O2S/c1-10-17(9-12-13(20)3-2-4-14(12)21)27-19(23-10)24-18(26)8-11-5-6-16(25)15(22)7-11/h2-7,25H,8-9H2,1H3,(H,23,24,26). The number of aromatic hydroxyl groups is 1. The molecule has 8 heteroatoms. The van der Waals surface area contributed by atoms with E-state index < -0.39 is 29.1 Å². The second-order valence-electron chi connectivity index (χ2n) is 5.92. The van der Waals surface area contributed by atoms with Gasteiger partial charge in [0, 0.05) is 16.9 Å². The fourth-order valence-corrected chi connectivity index (χ4v) is 3.51. The molecule has 4 nitrogen and oxygen atoms in total. The summed E-state index contributed by atoms with van der Waals surface area (Å²) in [6.07, 6.45) is -0.0752. The molecule has 140 valence electrons. The minimum absolute atomic E-state index is 0.0288. The second kappa shape index (κ2) is 7.79. The Morgan fingerprint density at radius 1 is 1.15 bits per heavy atom. The number of amides is 1. The number of hydrogen-bond donors (Lipinski definition) is 2. The average molecular weight is 392 g/mol. The molecule has 0 radical (unpaired) electrons. The third-order valence-corrected chi connectivity index (χ3v) is 4.99. The van der Waals surface area contributed by atoms with E-state index in [1.807, 2.05) is 0 Å². The van der Waals surface area contributed by atoms with E-state index in [4.69, 9.17) is 5.11 Å². The first kappa shape index (κ1) is 18.9. The van der Waals surface area contributed by atoms with Crippen LogP contribution in [0.4, 0.5) is 18.3 Å². The van der Waals surface area contributed by atoms with Gasteiger partial charge in [0.15, 0.2) is 16.7 Å². The Balaban J connectivity index is 1.70. The number of rotatable bonds is 5. The van der Waals surface area contributed by atoms with E-state index in [1.165, 1.54) is 30.3 Å². The molecule has 0 bridgehead atoms. The summed E-state index contributed by atoms with van der Waals surface area (Å²) in [6, 6.07) is 7.37. The average Bonchev–Trinajstić information content (AvgIpc) is 2.93. The van der Waals surface area contributed by atoms with Crippen LogP contribution in [0.2, 0.25) is 0 Å². The predicted molar refractivity (Wildman–Crippen MR) is 96.4 cm³/mol. The number of carbonyl (C=O) groups is 1. The molecule has 0 aliphatic rings. The van der Waals surface area contributed by atoms with Crippen LogP contribution in [0.3, 0.4) is 0 Å². The molecule has 0 saturated carbocycles. The number of benzene rings is 2. The second-order valence-corrected chi connectivity index (χ2v) is 7.00. The van der Waals surface area contributed by atoms with Crippen LogP contribution in [-0.4, -0.2) is 16.0 Å². The number of halogens is 3. The van der Waals surface area contributed by atoms with Gasteiger partial charge >= 0.3 is 0 Å². The van der Waals surface area contributed by atoms with Gasteiger partial charge in [-0.2, -0.15) is 0 Å². The van der Waals surface area contributed by atoms with Crippen molar-refractivity contribution in [2.45, 2.75) is 19.8 Å². The molecule has 0 aliphatic carbocycles. The van der Waals surface area contributed by atoms with E-state index >= 15 is 0 Å². The van der Waals surface area contributed by atoms with Crippen LogP contribution in [0.15, 0.2) is 36.4 Å². The van der Waals surface area contributed by atoms with Gasteiger partial charge in [-0.1, -0.05) is 12.1 Å². The molecule has 0 aliphatic heterocycles. The lowest BCUT2D eigenvalue weighted by Crippen LogP contribution is -2.14. The van der Waals surface area contributed by atoms with Gasteiger partial charge in [-0.15, -0.1) is 11.3 Å². The van der Waals surface area contributed by atoms with E-state index in [9.17, 15) is 18.0 Å². The van der Waals surface area contributed by atoms with E-state index in [0.717, 1.165) is 17.4 Å². The van der Waals surface area contributed by atoms with Gasteiger partial charge in [-0.05, 0) is 36.8 Å². The highest BCUT2D eigenvalue weighted by atomic mass is 32.1. The van der Waals surface area contributed by atoms with Gasteiger partial charge in [-0.25, -0.2) is 18.2 Å². The molecule has 3 rings (SSSR count). The topological polar surface area (TPSA) is 62.2 Å². The van der Waals surface area contributed by atoms with Gasteiger partial charge in [-0.3, -0.25) is 4.79 Å². The third-order valence-electron chi connectivity index (χ3n) is 3.91. The third kappa shape index (κ3) is 4.46. The monoisotopic (exact) mass is 392 g/mol. The molecule has 0 fully saturated rings. The highest BCUT2D eigenvalue weighted by Crippen LogP contribution is 2.27. The number of nitrogens with one attached hydrogen (secondary N) is 1. The summed E-state index contributed by atoms with van der Waals surface area (Å²) in [6.45, 7) is 1.69. The zero-order valence-corrected chi connectivity index (χ0v) is 15.0. The van der Waals surface area contributed by atoms with Crippen LogP contribution < -0.4 is 5.32 Å². The first-order valence-electron chi connectivity index (χ1n) is 8.00. The van der Waals surface area contributed by atoms with E-state index in [1.54, 1.807) is 6.92 Å².